The molecule has 1 N–H and O–H groups in total. The smallest absolute Gasteiger partial charge is 0.162 e. The van der Waals surface area contributed by atoms with Gasteiger partial charge in [-0.05, 0) is 41.4 Å². The number of halogens is 1. The van der Waals surface area contributed by atoms with Crippen molar-refractivity contribution < 1.29 is 0 Å². The van der Waals surface area contributed by atoms with Gasteiger partial charge in [0.1, 0.15) is 5.82 Å². The van der Waals surface area contributed by atoms with Crippen LogP contribution in [0.4, 0.5) is 5.82 Å². The monoisotopic (exact) mass is 292 g/mol. The van der Waals surface area contributed by atoms with Gasteiger partial charge in [-0.3, -0.25) is 4.98 Å². The second kappa shape index (κ2) is 4.79. The summed E-state index contributed by atoms with van der Waals surface area (Å²) in [6.07, 6.45) is 3.57. The van der Waals surface area contributed by atoms with Crippen molar-refractivity contribution in [2.45, 2.75) is 13.8 Å². The zero-order valence-corrected chi connectivity index (χ0v) is 11.5. The first-order chi connectivity index (χ1) is 8.13. The highest BCUT2D eigenvalue weighted by Gasteiger charge is 2.11. The second-order valence-electron chi connectivity index (χ2n) is 3.74. The maximum absolute atomic E-state index is 4.49. The number of aryl methyl sites for hydroxylation is 2. The van der Waals surface area contributed by atoms with Crippen LogP contribution >= 0.6 is 15.9 Å². The number of nitrogens with zero attached hydrogens (tertiary/aromatic N) is 3. The summed E-state index contributed by atoms with van der Waals surface area (Å²) < 4.78 is 0.899. The molecule has 0 unspecified atom stereocenters. The standard InChI is InChI=1S/C12H13BrN4/c1-7-6-15-5-4-9(7)11-16-8(2)10(13)12(14-3)17-11/h4-6H,1-3H3,(H,14,16,17). The highest BCUT2D eigenvalue weighted by atomic mass is 79.9. The third-order valence-corrected chi connectivity index (χ3v) is 3.46. The molecule has 2 aromatic rings. The lowest BCUT2D eigenvalue weighted by molar-refractivity contribution is 1.08. The van der Waals surface area contributed by atoms with Crippen molar-refractivity contribution in [3.8, 4) is 11.4 Å². The Labute approximate surface area is 109 Å². The summed E-state index contributed by atoms with van der Waals surface area (Å²) >= 11 is 3.47. The fraction of sp³-hybridized carbons (Fsp3) is 0.250. The first kappa shape index (κ1) is 12.0. The van der Waals surface area contributed by atoms with E-state index in [4.69, 9.17) is 0 Å². The molecule has 0 spiro atoms. The van der Waals surface area contributed by atoms with Crippen LogP contribution in [0.25, 0.3) is 11.4 Å². The van der Waals surface area contributed by atoms with Crippen LogP contribution in [-0.4, -0.2) is 22.0 Å². The van der Waals surface area contributed by atoms with Gasteiger partial charge in [-0.15, -0.1) is 0 Å². The van der Waals surface area contributed by atoms with Gasteiger partial charge in [-0.2, -0.15) is 0 Å². The number of hydrogen-bond acceptors (Lipinski definition) is 4. The van der Waals surface area contributed by atoms with Gasteiger partial charge in [0.2, 0.25) is 0 Å². The van der Waals surface area contributed by atoms with E-state index in [1.54, 1.807) is 6.20 Å². The molecule has 2 heterocycles. The minimum absolute atomic E-state index is 0.718. The Hall–Kier alpha value is -1.49. The first-order valence-corrected chi connectivity index (χ1v) is 6.05. The predicted molar refractivity (Wildman–Crippen MR) is 72.0 cm³/mol. The molecule has 0 aliphatic heterocycles. The van der Waals surface area contributed by atoms with Crippen LogP contribution in [0.2, 0.25) is 0 Å². The van der Waals surface area contributed by atoms with Crippen LogP contribution in [0.3, 0.4) is 0 Å². The number of aromatic nitrogens is 3. The maximum Gasteiger partial charge on any atom is 0.162 e. The third-order valence-electron chi connectivity index (χ3n) is 2.51. The van der Waals surface area contributed by atoms with E-state index in [2.05, 4.69) is 36.2 Å². The van der Waals surface area contributed by atoms with Crippen LogP contribution in [0.5, 0.6) is 0 Å². The summed E-state index contributed by atoms with van der Waals surface area (Å²) in [5.74, 6) is 1.51. The first-order valence-electron chi connectivity index (χ1n) is 5.26. The molecular formula is C12H13BrN4. The van der Waals surface area contributed by atoms with Crippen molar-refractivity contribution in [1.82, 2.24) is 15.0 Å². The van der Waals surface area contributed by atoms with E-state index in [1.165, 1.54) is 0 Å². The zero-order chi connectivity index (χ0) is 12.4. The normalized spacial score (nSPS) is 10.4. The Bertz CT molecular complexity index is 554. The number of anilines is 1. The molecule has 0 fully saturated rings. The molecule has 4 nitrogen and oxygen atoms in total. The van der Waals surface area contributed by atoms with Crippen molar-refractivity contribution in [3.05, 3.63) is 34.2 Å². The molecule has 0 amide bonds. The SMILES string of the molecule is CNc1nc(-c2ccncc2C)nc(C)c1Br. The zero-order valence-electron chi connectivity index (χ0n) is 9.95. The van der Waals surface area contributed by atoms with Gasteiger partial charge in [0.15, 0.2) is 5.82 Å². The lowest BCUT2D eigenvalue weighted by atomic mass is 10.1. The van der Waals surface area contributed by atoms with Gasteiger partial charge < -0.3 is 5.32 Å². The van der Waals surface area contributed by atoms with Gasteiger partial charge in [0.25, 0.3) is 0 Å². The largest absolute Gasteiger partial charge is 0.372 e. The molecule has 17 heavy (non-hydrogen) atoms. The van der Waals surface area contributed by atoms with Gasteiger partial charge in [-0.25, -0.2) is 9.97 Å². The molecule has 2 aromatic heterocycles. The molecule has 5 heteroatoms. The molecule has 0 bridgehead atoms. The van der Waals surface area contributed by atoms with Crippen LogP contribution in [0.1, 0.15) is 11.3 Å². The van der Waals surface area contributed by atoms with Crippen molar-refractivity contribution in [2.24, 2.45) is 0 Å². The third kappa shape index (κ3) is 2.29. The molecule has 0 radical (unpaired) electrons. The fourth-order valence-corrected chi connectivity index (χ4v) is 1.95. The van der Waals surface area contributed by atoms with Gasteiger partial charge in [0, 0.05) is 25.0 Å². The van der Waals surface area contributed by atoms with E-state index in [1.807, 2.05) is 33.2 Å². The molecule has 0 saturated heterocycles. The highest BCUT2D eigenvalue weighted by molar-refractivity contribution is 9.10. The quantitative estimate of drug-likeness (QED) is 0.925. The predicted octanol–water partition coefficient (Wildman–Crippen LogP) is 2.96. The average molecular weight is 293 g/mol. The van der Waals surface area contributed by atoms with Crippen molar-refractivity contribution in [1.29, 1.82) is 0 Å². The van der Waals surface area contributed by atoms with E-state index in [0.717, 1.165) is 32.9 Å². The van der Waals surface area contributed by atoms with Gasteiger partial charge in [-0.1, -0.05) is 0 Å². The van der Waals surface area contributed by atoms with E-state index < -0.39 is 0 Å². The Morgan fingerprint density at radius 1 is 1.24 bits per heavy atom. The molecule has 0 atom stereocenters. The van der Waals surface area contributed by atoms with E-state index in [-0.39, 0.29) is 0 Å². The molecule has 0 aliphatic carbocycles. The molecule has 0 saturated carbocycles. The summed E-state index contributed by atoms with van der Waals surface area (Å²) in [5.41, 5.74) is 2.99. The summed E-state index contributed by atoms with van der Waals surface area (Å²) in [7, 11) is 1.84. The minimum atomic E-state index is 0.718. The minimum Gasteiger partial charge on any atom is -0.372 e. The van der Waals surface area contributed by atoms with Gasteiger partial charge >= 0.3 is 0 Å². The number of rotatable bonds is 2. The molecular weight excluding hydrogens is 280 g/mol. The number of hydrogen-bond donors (Lipinski definition) is 1. The second-order valence-corrected chi connectivity index (χ2v) is 4.53. The van der Waals surface area contributed by atoms with Crippen molar-refractivity contribution in [2.75, 3.05) is 12.4 Å². The Balaban J connectivity index is 2.61. The summed E-state index contributed by atoms with van der Waals surface area (Å²) in [5, 5.41) is 3.05. The van der Waals surface area contributed by atoms with Crippen LogP contribution in [0, 0.1) is 13.8 Å². The number of pyridine rings is 1. The van der Waals surface area contributed by atoms with Crippen molar-refractivity contribution in [3.63, 3.8) is 0 Å². The topological polar surface area (TPSA) is 50.7 Å². The lowest BCUT2D eigenvalue weighted by Gasteiger charge is -2.09. The Morgan fingerprint density at radius 2 is 2.00 bits per heavy atom. The molecule has 2 rings (SSSR count). The van der Waals surface area contributed by atoms with E-state index in [0.29, 0.717) is 0 Å². The van der Waals surface area contributed by atoms with Crippen LogP contribution in [0.15, 0.2) is 22.9 Å². The maximum atomic E-state index is 4.49. The van der Waals surface area contributed by atoms with Crippen LogP contribution < -0.4 is 5.32 Å². The van der Waals surface area contributed by atoms with Crippen LogP contribution in [-0.2, 0) is 0 Å². The van der Waals surface area contributed by atoms with E-state index >= 15 is 0 Å². The summed E-state index contributed by atoms with van der Waals surface area (Å²) in [6, 6.07) is 1.93. The Morgan fingerprint density at radius 3 is 2.65 bits per heavy atom. The lowest BCUT2D eigenvalue weighted by Crippen LogP contribution is -2.01. The molecule has 0 aromatic carbocycles. The molecule has 88 valence electrons. The number of nitrogens with one attached hydrogen (secondary N) is 1. The fourth-order valence-electron chi connectivity index (χ4n) is 1.57. The van der Waals surface area contributed by atoms with E-state index in [9.17, 15) is 0 Å². The average Bonchev–Trinajstić information content (AvgIpc) is 2.33. The summed E-state index contributed by atoms with van der Waals surface area (Å²) in [6.45, 7) is 3.95. The highest BCUT2D eigenvalue weighted by Crippen LogP contribution is 2.27. The molecule has 0 aliphatic rings. The summed E-state index contributed by atoms with van der Waals surface area (Å²) in [4.78, 5) is 13.0. The Kier molecular flexibility index (Phi) is 3.38. The van der Waals surface area contributed by atoms with Gasteiger partial charge in [0.05, 0.1) is 10.2 Å². The van der Waals surface area contributed by atoms with Crippen molar-refractivity contribution >= 4 is 21.7 Å².